The van der Waals surface area contributed by atoms with E-state index < -0.39 is 11.6 Å². The zero-order chi connectivity index (χ0) is 13.1. The SMILES string of the molecule is COC1CCN(CC(=O)c2ccc(F)cc2F)C1. The summed E-state index contributed by atoms with van der Waals surface area (Å²) in [6.45, 7) is 1.57. The van der Waals surface area contributed by atoms with E-state index in [9.17, 15) is 13.6 Å². The Morgan fingerprint density at radius 3 is 2.89 bits per heavy atom. The van der Waals surface area contributed by atoms with Crippen molar-refractivity contribution in [2.75, 3.05) is 26.7 Å². The van der Waals surface area contributed by atoms with Crippen molar-refractivity contribution in [3.8, 4) is 0 Å². The summed E-state index contributed by atoms with van der Waals surface area (Å²) in [5, 5.41) is 0. The zero-order valence-electron chi connectivity index (χ0n) is 10.2. The van der Waals surface area contributed by atoms with Crippen LogP contribution in [0, 0.1) is 11.6 Å². The standard InChI is InChI=1S/C13H15F2NO2/c1-18-10-4-5-16(7-10)8-13(17)11-3-2-9(14)6-12(11)15/h2-3,6,10H,4-5,7-8H2,1H3. The van der Waals surface area contributed by atoms with Crippen LogP contribution in [0.5, 0.6) is 0 Å². The van der Waals surface area contributed by atoms with Gasteiger partial charge in [-0.3, -0.25) is 9.69 Å². The third kappa shape index (κ3) is 2.91. The van der Waals surface area contributed by atoms with E-state index in [1.54, 1.807) is 7.11 Å². The van der Waals surface area contributed by atoms with Gasteiger partial charge >= 0.3 is 0 Å². The quantitative estimate of drug-likeness (QED) is 0.769. The number of rotatable bonds is 4. The normalized spacial score (nSPS) is 20.3. The average molecular weight is 255 g/mol. The minimum absolute atomic E-state index is 0.0581. The van der Waals surface area contributed by atoms with Gasteiger partial charge in [0, 0.05) is 26.3 Å². The maximum Gasteiger partial charge on any atom is 0.179 e. The summed E-state index contributed by atoms with van der Waals surface area (Å²) < 4.78 is 31.3. The number of likely N-dealkylation sites (tertiary alicyclic amines) is 1. The molecule has 0 radical (unpaired) electrons. The molecule has 0 amide bonds. The molecule has 0 saturated carbocycles. The first-order chi connectivity index (χ1) is 8.60. The Labute approximate surface area is 104 Å². The smallest absolute Gasteiger partial charge is 0.179 e. The lowest BCUT2D eigenvalue weighted by atomic mass is 10.1. The molecule has 98 valence electrons. The summed E-state index contributed by atoms with van der Waals surface area (Å²) in [5.41, 5.74) is -0.0581. The average Bonchev–Trinajstić information content (AvgIpc) is 2.76. The van der Waals surface area contributed by atoms with Crippen molar-refractivity contribution in [2.24, 2.45) is 0 Å². The van der Waals surface area contributed by atoms with Crippen LogP contribution >= 0.6 is 0 Å². The second-order valence-corrected chi connectivity index (χ2v) is 4.43. The number of ketones is 1. The van der Waals surface area contributed by atoms with Gasteiger partial charge in [-0.15, -0.1) is 0 Å². The third-order valence-electron chi connectivity index (χ3n) is 3.16. The van der Waals surface area contributed by atoms with Crippen molar-refractivity contribution >= 4 is 5.78 Å². The molecule has 0 bridgehead atoms. The van der Waals surface area contributed by atoms with Crippen LogP contribution in [0.3, 0.4) is 0 Å². The van der Waals surface area contributed by atoms with Gasteiger partial charge in [0.1, 0.15) is 11.6 Å². The van der Waals surface area contributed by atoms with E-state index in [0.29, 0.717) is 6.54 Å². The highest BCUT2D eigenvalue weighted by Crippen LogP contribution is 2.15. The summed E-state index contributed by atoms with van der Waals surface area (Å²) in [6.07, 6.45) is 1.01. The lowest BCUT2D eigenvalue weighted by Gasteiger charge is -2.14. The van der Waals surface area contributed by atoms with Crippen molar-refractivity contribution in [1.29, 1.82) is 0 Å². The molecule has 0 spiro atoms. The summed E-state index contributed by atoms with van der Waals surface area (Å²) in [4.78, 5) is 13.8. The number of benzene rings is 1. The van der Waals surface area contributed by atoms with Crippen molar-refractivity contribution in [3.63, 3.8) is 0 Å². The van der Waals surface area contributed by atoms with Gasteiger partial charge in [-0.05, 0) is 18.6 Å². The number of methoxy groups -OCH3 is 1. The Kier molecular flexibility index (Phi) is 4.04. The molecule has 1 saturated heterocycles. The maximum atomic E-state index is 13.4. The molecule has 1 aromatic carbocycles. The van der Waals surface area contributed by atoms with Gasteiger partial charge in [-0.25, -0.2) is 8.78 Å². The van der Waals surface area contributed by atoms with Crippen LogP contribution in [0.1, 0.15) is 16.8 Å². The monoisotopic (exact) mass is 255 g/mol. The number of Topliss-reactive ketones (excluding diaryl/α,β-unsaturated/α-hetero) is 1. The van der Waals surface area contributed by atoms with Gasteiger partial charge in [0.2, 0.25) is 0 Å². The summed E-state index contributed by atoms with van der Waals surface area (Å²) in [6, 6.07) is 3.02. The lowest BCUT2D eigenvalue weighted by Crippen LogP contribution is -2.29. The van der Waals surface area contributed by atoms with Crippen LogP contribution in [-0.2, 0) is 4.74 Å². The molecular formula is C13H15F2NO2. The second kappa shape index (κ2) is 5.54. The van der Waals surface area contributed by atoms with Crippen molar-refractivity contribution < 1.29 is 18.3 Å². The fourth-order valence-electron chi connectivity index (χ4n) is 2.14. The topological polar surface area (TPSA) is 29.5 Å². The van der Waals surface area contributed by atoms with E-state index in [1.165, 1.54) is 6.07 Å². The van der Waals surface area contributed by atoms with E-state index in [0.717, 1.165) is 25.1 Å². The third-order valence-corrected chi connectivity index (χ3v) is 3.16. The first-order valence-corrected chi connectivity index (χ1v) is 5.83. The van der Waals surface area contributed by atoms with E-state index in [1.807, 2.05) is 4.90 Å². The molecule has 1 aliphatic heterocycles. The van der Waals surface area contributed by atoms with Crippen LogP contribution in [-0.4, -0.2) is 43.5 Å². The Morgan fingerprint density at radius 2 is 2.28 bits per heavy atom. The van der Waals surface area contributed by atoms with Gasteiger partial charge in [-0.2, -0.15) is 0 Å². The van der Waals surface area contributed by atoms with Crippen molar-refractivity contribution in [1.82, 2.24) is 4.90 Å². The molecule has 1 atom stereocenters. The van der Waals surface area contributed by atoms with Crippen molar-refractivity contribution in [3.05, 3.63) is 35.4 Å². The maximum absolute atomic E-state index is 13.4. The van der Waals surface area contributed by atoms with Crippen LogP contribution in [0.15, 0.2) is 18.2 Å². The van der Waals surface area contributed by atoms with Crippen LogP contribution < -0.4 is 0 Å². The lowest BCUT2D eigenvalue weighted by molar-refractivity contribution is 0.0895. The first kappa shape index (κ1) is 13.1. The number of ether oxygens (including phenoxy) is 1. The van der Waals surface area contributed by atoms with Gasteiger partial charge < -0.3 is 4.74 Å². The molecule has 2 rings (SSSR count). The van der Waals surface area contributed by atoms with Gasteiger partial charge in [0.15, 0.2) is 5.78 Å². The molecule has 1 aliphatic rings. The predicted octanol–water partition coefficient (Wildman–Crippen LogP) is 1.87. The minimum Gasteiger partial charge on any atom is -0.380 e. The van der Waals surface area contributed by atoms with Gasteiger partial charge in [0.05, 0.1) is 18.2 Å². The fraction of sp³-hybridized carbons (Fsp3) is 0.462. The molecule has 3 nitrogen and oxygen atoms in total. The number of carbonyl (C=O) groups is 1. The zero-order valence-corrected chi connectivity index (χ0v) is 10.2. The number of carbonyl (C=O) groups excluding carboxylic acids is 1. The highest BCUT2D eigenvalue weighted by Gasteiger charge is 2.24. The molecule has 1 aromatic rings. The molecule has 1 heterocycles. The summed E-state index contributed by atoms with van der Waals surface area (Å²) >= 11 is 0. The highest BCUT2D eigenvalue weighted by molar-refractivity contribution is 5.97. The van der Waals surface area contributed by atoms with Crippen LogP contribution in [0.25, 0.3) is 0 Å². The van der Waals surface area contributed by atoms with E-state index in [4.69, 9.17) is 4.74 Å². The first-order valence-electron chi connectivity index (χ1n) is 5.83. The molecule has 0 aliphatic carbocycles. The molecule has 1 unspecified atom stereocenters. The van der Waals surface area contributed by atoms with Crippen molar-refractivity contribution in [2.45, 2.75) is 12.5 Å². The van der Waals surface area contributed by atoms with E-state index >= 15 is 0 Å². The molecule has 5 heteroatoms. The number of hydrogen-bond donors (Lipinski definition) is 0. The van der Waals surface area contributed by atoms with Gasteiger partial charge in [0.25, 0.3) is 0 Å². The Morgan fingerprint density at radius 1 is 1.50 bits per heavy atom. The Bertz CT molecular complexity index is 451. The van der Waals surface area contributed by atoms with E-state index in [-0.39, 0.29) is 24.0 Å². The Balaban J connectivity index is 2.00. The largest absolute Gasteiger partial charge is 0.380 e. The van der Waals surface area contributed by atoms with Crippen LogP contribution in [0.4, 0.5) is 8.78 Å². The molecule has 1 fully saturated rings. The van der Waals surface area contributed by atoms with Crippen LogP contribution in [0.2, 0.25) is 0 Å². The Hall–Kier alpha value is -1.33. The fourth-order valence-corrected chi connectivity index (χ4v) is 2.14. The molecule has 18 heavy (non-hydrogen) atoms. The van der Waals surface area contributed by atoms with Gasteiger partial charge in [-0.1, -0.05) is 0 Å². The van der Waals surface area contributed by atoms with E-state index in [2.05, 4.69) is 0 Å². The highest BCUT2D eigenvalue weighted by atomic mass is 19.1. The number of halogens is 2. The molecule has 0 aromatic heterocycles. The summed E-state index contributed by atoms with van der Waals surface area (Å²) in [7, 11) is 1.63. The minimum atomic E-state index is -0.803. The molecule has 0 N–H and O–H groups in total. The summed E-state index contributed by atoms with van der Waals surface area (Å²) in [5.74, 6) is -1.81. The number of hydrogen-bond acceptors (Lipinski definition) is 3. The second-order valence-electron chi connectivity index (χ2n) is 4.43. The predicted molar refractivity (Wildman–Crippen MR) is 62.5 cm³/mol. The number of nitrogens with zero attached hydrogens (tertiary/aromatic N) is 1. The molecular weight excluding hydrogens is 240 g/mol.